The molecule has 0 bridgehead atoms. The van der Waals surface area contributed by atoms with Gasteiger partial charge in [-0.25, -0.2) is 15.0 Å². The van der Waals surface area contributed by atoms with Crippen LogP contribution in [0.5, 0.6) is 0 Å². The Labute approximate surface area is 260 Å². The number of para-hydroxylation sites is 4. The second-order valence-electron chi connectivity index (χ2n) is 11.2. The van der Waals surface area contributed by atoms with Crippen molar-refractivity contribution in [1.29, 1.82) is 0 Å². The Hall–Kier alpha value is -5.85. The van der Waals surface area contributed by atoms with E-state index < -0.39 is 8.07 Å². The van der Waals surface area contributed by atoms with Gasteiger partial charge in [0, 0.05) is 26.7 Å². The van der Waals surface area contributed by atoms with Gasteiger partial charge in [0.15, 0.2) is 0 Å². The minimum absolute atomic E-state index is 0.595. The van der Waals surface area contributed by atoms with Gasteiger partial charge in [0.2, 0.25) is 14.0 Å². The molecule has 5 nitrogen and oxygen atoms in total. The van der Waals surface area contributed by atoms with Crippen molar-refractivity contribution in [2.24, 2.45) is 0 Å². The van der Waals surface area contributed by atoms with Gasteiger partial charge < -0.3 is 4.42 Å². The van der Waals surface area contributed by atoms with Crippen LogP contribution >= 0.6 is 0 Å². The maximum Gasteiger partial charge on any atom is 0.237 e. The lowest BCUT2D eigenvalue weighted by Crippen LogP contribution is -2.76. The van der Waals surface area contributed by atoms with E-state index in [1.807, 2.05) is 12.1 Å². The molecule has 0 spiro atoms. The summed E-state index contributed by atoms with van der Waals surface area (Å²) >= 11 is 0. The van der Waals surface area contributed by atoms with E-state index in [9.17, 15) is 0 Å². The van der Waals surface area contributed by atoms with Crippen molar-refractivity contribution in [3.8, 4) is 5.95 Å². The van der Waals surface area contributed by atoms with E-state index in [1.165, 1.54) is 10.4 Å². The van der Waals surface area contributed by atoms with Crippen LogP contribution in [0.25, 0.3) is 49.7 Å². The SMILES string of the molecule is c1ccc([Si](c2ccccc2)(c2ncnc(-n3c4ccccc4c4ccccc43)n2)c2cccc3c2oc2ccccc23)cc1. The van der Waals surface area contributed by atoms with E-state index in [1.54, 1.807) is 6.33 Å². The highest BCUT2D eigenvalue weighted by Crippen LogP contribution is 2.31. The molecule has 212 valence electrons. The molecule has 0 saturated heterocycles. The van der Waals surface area contributed by atoms with E-state index in [2.05, 4.69) is 144 Å². The fourth-order valence-electron chi connectivity index (χ4n) is 6.99. The molecule has 0 atom stereocenters. The molecule has 45 heavy (non-hydrogen) atoms. The van der Waals surface area contributed by atoms with Gasteiger partial charge >= 0.3 is 0 Å². The molecule has 0 aliphatic heterocycles. The number of hydrogen-bond donors (Lipinski definition) is 0. The van der Waals surface area contributed by atoms with E-state index in [0.29, 0.717) is 5.95 Å². The lowest BCUT2D eigenvalue weighted by Gasteiger charge is -2.32. The molecule has 0 N–H and O–H groups in total. The van der Waals surface area contributed by atoms with Crippen LogP contribution in [0.1, 0.15) is 0 Å². The van der Waals surface area contributed by atoms with Gasteiger partial charge in [0.25, 0.3) is 0 Å². The second-order valence-corrected chi connectivity index (χ2v) is 14.9. The molecule has 3 heterocycles. The maximum absolute atomic E-state index is 6.73. The standard InChI is InChI=1S/C39H26N4OSi/c1-3-14-27(15-4-1)45(28-16-5-2-6-17-28,36-25-13-21-32-31-20-9-12-24-35(31)44-37(32)36)39-41-26-40-38(42-39)43-33-22-10-7-18-29(33)30-19-8-11-23-34(30)43/h1-26H. The van der Waals surface area contributed by atoms with E-state index in [-0.39, 0.29) is 0 Å². The monoisotopic (exact) mass is 594 g/mol. The van der Waals surface area contributed by atoms with Crippen LogP contribution in [-0.2, 0) is 0 Å². The van der Waals surface area contributed by atoms with Crippen molar-refractivity contribution in [1.82, 2.24) is 19.5 Å². The van der Waals surface area contributed by atoms with Crippen molar-refractivity contribution >= 4 is 72.8 Å². The smallest absolute Gasteiger partial charge is 0.237 e. The molecule has 0 radical (unpaired) electrons. The molecular formula is C39H26N4OSi. The normalized spacial score (nSPS) is 12.0. The van der Waals surface area contributed by atoms with Gasteiger partial charge in [-0.15, -0.1) is 0 Å². The third-order valence-electron chi connectivity index (χ3n) is 8.90. The number of benzene rings is 6. The summed E-state index contributed by atoms with van der Waals surface area (Å²) in [6, 6.07) is 53.0. The van der Waals surface area contributed by atoms with Crippen molar-refractivity contribution in [2.75, 3.05) is 0 Å². The Kier molecular flexibility index (Phi) is 5.76. The molecule has 0 aliphatic rings. The number of hydrogen-bond acceptors (Lipinski definition) is 4. The molecule has 3 aromatic heterocycles. The van der Waals surface area contributed by atoms with Gasteiger partial charge in [-0.3, -0.25) is 4.57 Å². The third kappa shape index (κ3) is 3.76. The molecule has 9 rings (SSSR count). The lowest BCUT2D eigenvalue weighted by molar-refractivity contribution is 0.671. The number of furan rings is 1. The van der Waals surface area contributed by atoms with Crippen LogP contribution in [0.15, 0.2) is 162 Å². The maximum atomic E-state index is 6.73. The largest absolute Gasteiger partial charge is 0.456 e. The first-order valence-electron chi connectivity index (χ1n) is 15.0. The predicted molar refractivity (Wildman–Crippen MR) is 185 cm³/mol. The molecule has 0 saturated carbocycles. The first-order chi connectivity index (χ1) is 22.3. The first-order valence-corrected chi connectivity index (χ1v) is 17.0. The average Bonchev–Trinajstić information content (AvgIpc) is 3.66. The fraction of sp³-hybridized carbons (Fsp3) is 0. The fourth-order valence-corrected chi connectivity index (χ4v) is 11.5. The summed E-state index contributed by atoms with van der Waals surface area (Å²) in [5.74, 6) is 0.595. The predicted octanol–water partition coefficient (Wildman–Crippen LogP) is 6.25. The Balaban J connectivity index is 1.42. The minimum atomic E-state index is -3.18. The highest BCUT2D eigenvalue weighted by Gasteiger charge is 2.47. The summed E-state index contributed by atoms with van der Waals surface area (Å²) in [5.41, 5.74) is 4.60. The second kappa shape index (κ2) is 10.1. The molecular weight excluding hydrogens is 569 g/mol. The third-order valence-corrected chi connectivity index (χ3v) is 13.4. The van der Waals surface area contributed by atoms with E-state index >= 15 is 0 Å². The zero-order chi connectivity index (χ0) is 29.8. The summed E-state index contributed by atoms with van der Waals surface area (Å²) in [5, 5.41) is 7.96. The van der Waals surface area contributed by atoms with Crippen molar-refractivity contribution in [2.45, 2.75) is 0 Å². The van der Waals surface area contributed by atoms with Crippen LogP contribution in [-0.4, -0.2) is 27.6 Å². The minimum Gasteiger partial charge on any atom is -0.456 e. The molecule has 9 aromatic rings. The number of aromatic nitrogens is 4. The summed E-state index contributed by atoms with van der Waals surface area (Å²) in [6.07, 6.45) is 1.67. The van der Waals surface area contributed by atoms with Crippen LogP contribution in [0, 0.1) is 0 Å². The zero-order valence-electron chi connectivity index (χ0n) is 24.2. The first kappa shape index (κ1) is 25.6. The van der Waals surface area contributed by atoms with Crippen LogP contribution < -0.4 is 21.0 Å². The summed E-state index contributed by atoms with van der Waals surface area (Å²) < 4.78 is 8.89. The lowest BCUT2D eigenvalue weighted by atomic mass is 10.1. The molecule has 6 heteroatoms. The molecule has 6 aromatic carbocycles. The number of nitrogens with zero attached hydrogens (tertiary/aromatic N) is 4. The van der Waals surface area contributed by atoms with Crippen molar-refractivity contribution in [3.05, 3.63) is 158 Å². The Morgan fingerprint density at radius 3 is 1.71 bits per heavy atom. The number of fused-ring (bicyclic) bond motifs is 6. The molecule has 0 unspecified atom stereocenters. The zero-order valence-corrected chi connectivity index (χ0v) is 25.2. The number of rotatable bonds is 5. The summed E-state index contributed by atoms with van der Waals surface area (Å²) in [4.78, 5) is 15.3. The molecule has 0 amide bonds. The quantitative estimate of drug-likeness (QED) is 0.175. The Morgan fingerprint density at radius 1 is 0.489 bits per heavy atom. The molecule has 0 aliphatic carbocycles. The van der Waals surface area contributed by atoms with Gasteiger partial charge in [0.1, 0.15) is 22.9 Å². The summed E-state index contributed by atoms with van der Waals surface area (Å²) in [7, 11) is -3.18. The summed E-state index contributed by atoms with van der Waals surface area (Å²) in [6.45, 7) is 0. The van der Waals surface area contributed by atoms with Crippen LogP contribution in [0.4, 0.5) is 0 Å². The highest BCUT2D eigenvalue weighted by atomic mass is 28.3. The van der Waals surface area contributed by atoms with Gasteiger partial charge in [-0.1, -0.05) is 133 Å². The van der Waals surface area contributed by atoms with Gasteiger partial charge in [-0.2, -0.15) is 0 Å². The van der Waals surface area contributed by atoms with E-state index in [4.69, 9.17) is 19.4 Å². The van der Waals surface area contributed by atoms with Crippen molar-refractivity contribution < 1.29 is 4.42 Å². The Morgan fingerprint density at radius 2 is 1.04 bits per heavy atom. The van der Waals surface area contributed by atoms with Crippen LogP contribution in [0.3, 0.4) is 0 Å². The van der Waals surface area contributed by atoms with Gasteiger partial charge in [0.05, 0.1) is 11.0 Å². The van der Waals surface area contributed by atoms with Crippen molar-refractivity contribution in [3.63, 3.8) is 0 Å². The van der Waals surface area contributed by atoms with Crippen LogP contribution in [0.2, 0.25) is 0 Å². The van der Waals surface area contributed by atoms with Gasteiger partial charge in [-0.05, 0) is 28.6 Å². The average molecular weight is 595 g/mol. The topological polar surface area (TPSA) is 56.7 Å². The van der Waals surface area contributed by atoms with E-state index in [0.717, 1.165) is 54.4 Å². The molecule has 0 fully saturated rings. The Bertz CT molecular complexity index is 2410. The highest BCUT2D eigenvalue weighted by molar-refractivity contribution is 7.20.